The highest BCUT2D eigenvalue weighted by Gasteiger charge is 2.19. The van der Waals surface area contributed by atoms with Gasteiger partial charge in [-0.25, -0.2) is 9.97 Å². The molecular weight excluding hydrogens is 290 g/mol. The number of benzene rings is 1. The molecule has 1 unspecified atom stereocenters. The fraction of sp³-hybridized carbons (Fsp3) is 0.444. The maximum Gasteiger partial charge on any atom is 0.316 e. The third-order valence-electron chi connectivity index (χ3n) is 4.01. The maximum absolute atomic E-state index is 5.80. The molecule has 0 amide bonds. The number of hydrogen-bond acceptors (Lipinski definition) is 5. The molecule has 1 aliphatic rings. The van der Waals surface area contributed by atoms with Crippen molar-refractivity contribution in [2.75, 3.05) is 20.3 Å². The second kappa shape index (κ2) is 8.04. The summed E-state index contributed by atoms with van der Waals surface area (Å²) in [6.07, 6.45) is 6.30. The lowest BCUT2D eigenvalue weighted by atomic mass is 10.1. The highest BCUT2D eigenvalue weighted by Crippen LogP contribution is 2.17. The minimum Gasteiger partial charge on any atom is -0.467 e. The Labute approximate surface area is 137 Å². The van der Waals surface area contributed by atoms with Crippen LogP contribution < -0.4 is 4.74 Å². The lowest BCUT2D eigenvalue weighted by Crippen LogP contribution is -2.31. The fourth-order valence-electron chi connectivity index (χ4n) is 2.89. The first-order valence-electron chi connectivity index (χ1n) is 8.06. The molecule has 0 aliphatic carbocycles. The van der Waals surface area contributed by atoms with Crippen LogP contribution in [0, 0.1) is 0 Å². The highest BCUT2D eigenvalue weighted by molar-refractivity contribution is 5.15. The molecule has 0 spiro atoms. The number of methoxy groups -OCH3 is 1. The van der Waals surface area contributed by atoms with E-state index in [4.69, 9.17) is 9.47 Å². The first-order chi connectivity index (χ1) is 11.3. The molecule has 1 fully saturated rings. The lowest BCUT2D eigenvalue weighted by molar-refractivity contribution is 0.0678. The summed E-state index contributed by atoms with van der Waals surface area (Å²) in [5.41, 5.74) is 2.39. The van der Waals surface area contributed by atoms with Crippen LogP contribution in [0.2, 0.25) is 0 Å². The Kier molecular flexibility index (Phi) is 5.56. The van der Waals surface area contributed by atoms with Gasteiger partial charge in [-0.3, -0.25) is 4.90 Å². The molecule has 0 radical (unpaired) electrons. The topological polar surface area (TPSA) is 47.5 Å². The second-order valence-corrected chi connectivity index (χ2v) is 5.87. The van der Waals surface area contributed by atoms with E-state index < -0.39 is 0 Å². The molecule has 1 aliphatic heterocycles. The normalized spacial score (nSPS) is 17.6. The minimum absolute atomic E-state index is 0.331. The van der Waals surface area contributed by atoms with Crippen LogP contribution in [-0.2, 0) is 17.8 Å². The van der Waals surface area contributed by atoms with E-state index in [-0.39, 0.29) is 0 Å². The van der Waals surface area contributed by atoms with Gasteiger partial charge in [0.1, 0.15) is 0 Å². The molecule has 23 heavy (non-hydrogen) atoms. The predicted octanol–water partition coefficient (Wildman–Crippen LogP) is 2.67. The Balaban J connectivity index is 1.67. The van der Waals surface area contributed by atoms with Gasteiger partial charge in [0.2, 0.25) is 0 Å². The first kappa shape index (κ1) is 15.9. The molecule has 1 atom stereocenters. The molecule has 2 aromatic rings. The SMILES string of the molecule is COc1ncc(CN(Cc2ccccc2)CC2CCCO2)cn1. The zero-order valence-electron chi connectivity index (χ0n) is 13.5. The average molecular weight is 313 g/mol. The molecule has 0 saturated carbocycles. The monoisotopic (exact) mass is 313 g/mol. The van der Waals surface area contributed by atoms with E-state index in [1.54, 1.807) is 7.11 Å². The minimum atomic E-state index is 0.331. The average Bonchev–Trinajstić information content (AvgIpc) is 3.09. The van der Waals surface area contributed by atoms with Gasteiger partial charge in [0.15, 0.2) is 0 Å². The van der Waals surface area contributed by atoms with E-state index >= 15 is 0 Å². The molecule has 3 rings (SSSR count). The summed E-state index contributed by atoms with van der Waals surface area (Å²) in [4.78, 5) is 10.8. The van der Waals surface area contributed by atoms with Gasteiger partial charge in [-0.2, -0.15) is 0 Å². The van der Waals surface area contributed by atoms with E-state index in [9.17, 15) is 0 Å². The van der Waals surface area contributed by atoms with Crippen molar-refractivity contribution in [3.63, 3.8) is 0 Å². The van der Waals surface area contributed by atoms with Gasteiger partial charge in [-0.15, -0.1) is 0 Å². The Hall–Kier alpha value is -1.98. The molecule has 122 valence electrons. The van der Waals surface area contributed by atoms with Crippen molar-refractivity contribution in [3.05, 3.63) is 53.9 Å². The van der Waals surface area contributed by atoms with Gasteiger partial charge in [0, 0.05) is 44.2 Å². The summed E-state index contributed by atoms with van der Waals surface area (Å²) in [6.45, 7) is 3.52. The number of ether oxygens (including phenoxy) is 2. The zero-order chi connectivity index (χ0) is 15.9. The lowest BCUT2D eigenvalue weighted by Gasteiger charge is -2.25. The molecule has 2 heterocycles. The second-order valence-electron chi connectivity index (χ2n) is 5.87. The van der Waals surface area contributed by atoms with Crippen molar-refractivity contribution in [2.45, 2.75) is 32.0 Å². The van der Waals surface area contributed by atoms with E-state index in [1.165, 1.54) is 5.56 Å². The summed E-state index contributed by atoms with van der Waals surface area (Å²) < 4.78 is 10.8. The zero-order valence-corrected chi connectivity index (χ0v) is 13.5. The molecule has 0 bridgehead atoms. The van der Waals surface area contributed by atoms with Gasteiger partial charge in [0.05, 0.1) is 13.2 Å². The fourth-order valence-corrected chi connectivity index (χ4v) is 2.89. The van der Waals surface area contributed by atoms with Gasteiger partial charge in [0.25, 0.3) is 0 Å². The summed E-state index contributed by atoms with van der Waals surface area (Å²) in [7, 11) is 1.58. The Morgan fingerprint density at radius 3 is 2.52 bits per heavy atom. The van der Waals surface area contributed by atoms with Crippen LogP contribution in [0.4, 0.5) is 0 Å². The standard InChI is InChI=1S/C18H23N3O2/c1-22-18-19-10-16(11-20-18)13-21(14-17-8-5-9-23-17)12-15-6-3-2-4-7-15/h2-4,6-7,10-11,17H,5,8-9,12-14H2,1H3. The summed E-state index contributed by atoms with van der Waals surface area (Å²) in [5, 5.41) is 0. The predicted molar refractivity (Wildman–Crippen MR) is 88.1 cm³/mol. The molecule has 5 heteroatoms. The van der Waals surface area contributed by atoms with Crippen LogP contribution in [0.5, 0.6) is 6.01 Å². The Morgan fingerprint density at radius 2 is 1.87 bits per heavy atom. The smallest absolute Gasteiger partial charge is 0.316 e. The highest BCUT2D eigenvalue weighted by atomic mass is 16.5. The first-order valence-corrected chi connectivity index (χ1v) is 8.06. The molecular formula is C18H23N3O2. The van der Waals surface area contributed by atoms with Crippen LogP contribution in [0.15, 0.2) is 42.7 Å². The van der Waals surface area contributed by atoms with Gasteiger partial charge < -0.3 is 9.47 Å². The van der Waals surface area contributed by atoms with E-state index in [0.29, 0.717) is 12.1 Å². The number of nitrogens with zero attached hydrogens (tertiary/aromatic N) is 3. The summed E-state index contributed by atoms with van der Waals surface area (Å²) in [5.74, 6) is 0. The third kappa shape index (κ3) is 4.74. The summed E-state index contributed by atoms with van der Waals surface area (Å²) in [6, 6.07) is 10.9. The maximum atomic E-state index is 5.80. The van der Waals surface area contributed by atoms with Crippen molar-refractivity contribution in [1.29, 1.82) is 0 Å². The van der Waals surface area contributed by atoms with E-state index in [2.05, 4.69) is 39.1 Å². The van der Waals surface area contributed by atoms with Crippen molar-refractivity contribution in [3.8, 4) is 6.01 Å². The van der Waals surface area contributed by atoms with Crippen LogP contribution in [0.1, 0.15) is 24.0 Å². The van der Waals surface area contributed by atoms with E-state index in [1.807, 2.05) is 18.5 Å². The number of aromatic nitrogens is 2. The number of rotatable bonds is 7. The molecule has 1 aromatic carbocycles. The van der Waals surface area contributed by atoms with Crippen molar-refractivity contribution in [2.24, 2.45) is 0 Å². The van der Waals surface area contributed by atoms with E-state index in [0.717, 1.165) is 44.6 Å². The van der Waals surface area contributed by atoms with Crippen LogP contribution in [0.3, 0.4) is 0 Å². The Morgan fingerprint density at radius 1 is 1.13 bits per heavy atom. The third-order valence-corrected chi connectivity index (χ3v) is 4.01. The summed E-state index contributed by atoms with van der Waals surface area (Å²) >= 11 is 0. The van der Waals surface area contributed by atoms with Crippen molar-refractivity contribution < 1.29 is 9.47 Å². The molecule has 1 saturated heterocycles. The molecule has 0 N–H and O–H groups in total. The number of hydrogen-bond donors (Lipinski definition) is 0. The Bertz CT molecular complexity index is 583. The van der Waals surface area contributed by atoms with Gasteiger partial charge >= 0.3 is 6.01 Å². The quantitative estimate of drug-likeness (QED) is 0.786. The van der Waals surface area contributed by atoms with Crippen molar-refractivity contribution >= 4 is 0 Å². The van der Waals surface area contributed by atoms with Gasteiger partial charge in [-0.1, -0.05) is 30.3 Å². The van der Waals surface area contributed by atoms with Crippen molar-refractivity contribution in [1.82, 2.24) is 14.9 Å². The van der Waals surface area contributed by atoms with Crippen LogP contribution in [-0.4, -0.2) is 41.2 Å². The van der Waals surface area contributed by atoms with Gasteiger partial charge in [-0.05, 0) is 18.4 Å². The van der Waals surface area contributed by atoms with Crippen LogP contribution >= 0.6 is 0 Å². The van der Waals surface area contributed by atoms with Crippen LogP contribution in [0.25, 0.3) is 0 Å². The molecule has 5 nitrogen and oxygen atoms in total. The largest absolute Gasteiger partial charge is 0.467 e. The molecule has 1 aromatic heterocycles.